The highest BCUT2D eigenvalue weighted by Crippen LogP contribution is 2.36. The maximum absolute atomic E-state index is 12.4. The van der Waals surface area contributed by atoms with Gasteiger partial charge in [0.15, 0.2) is 0 Å². The van der Waals surface area contributed by atoms with Crippen molar-refractivity contribution in [2.75, 3.05) is 38.4 Å². The SMILES string of the molecule is C1CCOC1.CCOc1ccccc1-c1ccc2c(c1)C=C(C(=O)OC)CCN2Cc1ccnn1C. The summed E-state index contributed by atoms with van der Waals surface area (Å²) in [6.45, 7) is 6.01. The molecule has 5 rings (SSSR count). The third-order valence-electron chi connectivity index (χ3n) is 6.40. The Morgan fingerprint density at radius 2 is 1.92 bits per heavy atom. The van der Waals surface area contributed by atoms with E-state index in [1.54, 1.807) is 6.20 Å². The largest absolute Gasteiger partial charge is 0.493 e. The topological polar surface area (TPSA) is 65.8 Å². The number of nitrogens with zero attached hydrogens (tertiary/aromatic N) is 3. The van der Waals surface area contributed by atoms with Crippen LogP contribution in [0.2, 0.25) is 0 Å². The molecule has 3 aromatic rings. The fraction of sp³-hybridized carbons (Fsp3) is 0.379. The van der Waals surface area contributed by atoms with Gasteiger partial charge in [-0.2, -0.15) is 5.10 Å². The molecule has 0 unspecified atom stereocenters. The highest BCUT2D eigenvalue weighted by molar-refractivity contribution is 5.96. The lowest BCUT2D eigenvalue weighted by Crippen LogP contribution is -2.25. The molecule has 0 N–H and O–H groups in total. The fourth-order valence-electron chi connectivity index (χ4n) is 4.47. The van der Waals surface area contributed by atoms with Crippen LogP contribution in [0.3, 0.4) is 0 Å². The van der Waals surface area contributed by atoms with Gasteiger partial charge in [-0.25, -0.2) is 4.79 Å². The first-order chi connectivity index (χ1) is 17.6. The van der Waals surface area contributed by atoms with Gasteiger partial charge in [0.05, 0.1) is 26.0 Å². The van der Waals surface area contributed by atoms with Gasteiger partial charge >= 0.3 is 5.97 Å². The molecule has 0 aliphatic carbocycles. The van der Waals surface area contributed by atoms with Crippen LogP contribution in [0.25, 0.3) is 17.2 Å². The van der Waals surface area contributed by atoms with Crippen LogP contribution in [0.4, 0.5) is 5.69 Å². The fourth-order valence-corrected chi connectivity index (χ4v) is 4.47. The van der Waals surface area contributed by atoms with E-state index in [2.05, 4.69) is 34.3 Å². The number of aryl methyl sites for hydroxylation is 1. The Labute approximate surface area is 213 Å². The van der Waals surface area contributed by atoms with Crippen LogP contribution in [0.5, 0.6) is 5.75 Å². The van der Waals surface area contributed by atoms with Crippen molar-refractivity contribution in [2.45, 2.75) is 32.7 Å². The molecule has 1 fully saturated rings. The number of para-hydroxylation sites is 1. The molecule has 7 heteroatoms. The summed E-state index contributed by atoms with van der Waals surface area (Å²) in [5.74, 6) is 0.566. The Morgan fingerprint density at radius 1 is 1.11 bits per heavy atom. The van der Waals surface area contributed by atoms with E-state index in [0.717, 1.165) is 47.0 Å². The summed E-state index contributed by atoms with van der Waals surface area (Å²) in [5.41, 5.74) is 5.93. The van der Waals surface area contributed by atoms with Crippen molar-refractivity contribution in [3.05, 3.63) is 71.6 Å². The second-order valence-corrected chi connectivity index (χ2v) is 8.80. The van der Waals surface area contributed by atoms with E-state index in [1.807, 2.05) is 49.0 Å². The lowest BCUT2D eigenvalue weighted by molar-refractivity contribution is -0.136. The predicted molar refractivity (Wildman–Crippen MR) is 142 cm³/mol. The number of aromatic nitrogens is 2. The summed E-state index contributed by atoms with van der Waals surface area (Å²) >= 11 is 0. The summed E-state index contributed by atoms with van der Waals surface area (Å²) < 4.78 is 17.7. The number of carbonyl (C=O) groups excluding carboxylic acids is 1. The van der Waals surface area contributed by atoms with Crippen molar-refractivity contribution in [3.8, 4) is 16.9 Å². The van der Waals surface area contributed by atoms with E-state index in [1.165, 1.54) is 20.0 Å². The first-order valence-electron chi connectivity index (χ1n) is 12.6. The molecule has 190 valence electrons. The predicted octanol–water partition coefficient (Wildman–Crippen LogP) is 5.25. The lowest BCUT2D eigenvalue weighted by atomic mass is 9.99. The zero-order valence-corrected chi connectivity index (χ0v) is 21.4. The minimum Gasteiger partial charge on any atom is -0.493 e. The van der Waals surface area contributed by atoms with Crippen LogP contribution in [0.1, 0.15) is 37.4 Å². The van der Waals surface area contributed by atoms with E-state index in [4.69, 9.17) is 14.2 Å². The van der Waals surface area contributed by atoms with E-state index >= 15 is 0 Å². The molecule has 2 aliphatic rings. The quantitative estimate of drug-likeness (QED) is 0.441. The molecule has 0 bridgehead atoms. The summed E-state index contributed by atoms with van der Waals surface area (Å²) in [6, 6.07) is 16.4. The Kier molecular flexibility index (Phi) is 8.79. The van der Waals surface area contributed by atoms with E-state index in [9.17, 15) is 4.79 Å². The average Bonchev–Trinajstić information content (AvgIpc) is 3.58. The second kappa shape index (κ2) is 12.4. The lowest BCUT2D eigenvalue weighted by Gasteiger charge is -2.25. The number of fused-ring (bicyclic) bond motifs is 1. The summed E-state index contributed by atoms with van der Waals surface area (Å²) in [5, 5.41) is 4.29. The number of methoxy groups -OCH3 is 1. The first kappa shape index (κ1) is 25.5. The molecule has 0 saturated carbocycles. The number of benzene rings is 2. The van der Waals surface area contributed by atoms with Gasteiger partial charge < -0.3 is 19.1 Å². The van der Waals surface area contributed by atoms with Gasteiger partial charge in [0.25, 0.3) is 0 Å². The van der Waals surface area contributed by atoms with Crippen molar-refractivity contribution in [1.29, 1.82) is 0 Å². The zero-order valence-electron chi connectivity index (χ0n) is 21.4. The normalized spacial score (nSPS) is 14.8. The van der Waals surface area contributed by atoms with Gasteiger partial charge in [0.2, 0.25) is 0 Å². The number of hydrogen-bond donors (Lipinski definition) is 0. The highest BCUT2D eigenvalue weighted by atomic mass is 16.5. The number of rotatable bonds is 6. The zero-order chi connectivity index (χ0) is 25.3. The van der Waals surface area contributed by atoms with Crippen molar-refractivity contribution in [3.63, 3.8) is 0 Å². The molecule has 0 atom stereocenters. The van der Waals surface area contributed by atoms with Crippen LogP contribution >= 0.6 is 0 Å². The van der Waals surface area contributed by atoms with Crippen molar-refractivity contribution >= 4 is 17.7 Å². The van der Waals surface area contributed by atoms with E-state index < -0.39 is 0 Å². The molecule has 2 aromatic carbocycles. The van der Waals surface area contributed by atoms with E-state index in [0.29, 0.717) is 31.7 Å². The second-order valence-electron chi connectivity index (χ2n) is 8.80. The Bertz CT molecular complexity index is 1190. The van der Waals surface area contributed by atoms with Gasteiger partial charge in [0.1, 0.15) is 5.75 Å². The van der Waals surface area contributed by atoms with Crippen molar-refractivity contribution in [2.24, 2.45) is 7.05 Å². The molecule has 2 aliphatic heterocycles. The smallest absolute Gasteiger partial charge is 0.333 e. The first-order valence-corrected chi connectivity index (χ1v) is 12.6. The minimum absolute atomic E-state index is 0.284. The van der Waals surface area contributed by atoms with Gasteiger partial charge in [-0.15, -0.1) is 0 Å². The van der Waals surface area contributed by atoms with Crippen LogP contribution in [-0.2, 0) is 27.9 Å². The molecule has 1 saturated heterocycles. The number of ether oxygens (including phenoxy) is 3. The van der Waals surface area contributed by atoms with Crippen LogP contribution < -0.4 is 9.64 Å². The van der Waals surface area contributed by atoms with Crippen LogP contribution in [-0.4, -0.2) is 49.2 Å². The minimum atomic E-state index is -0.284. The maximum atomic E-state index is 12.4. The molecule has 3 heterocycles. The third kappa shape index (κ3) is 6.15. The Balaban J connectivity index is 0.000000543. The van der Waals surface area contributed by atoms with Gasteiger partial charge in [0, 0.05) is 49.8 Å². The number of anilines is 1. The number of carbonyl (C=O) groups is 1. The molecule has 0 radical (unpaired) electrons. The summed E-state index contributed by atoms with van der Waals surface area (Å²) in [7, 11) is 3.37. The van der Waals surface area contributed by atoms with E-state index in [-0.39, 0.29) is 5.97 Å². The van der Waals surface area contributed by atoms with Crippen molar-refractivity contribution in [1.82, 2.24) is 9.78 Å². The van der Waals surface area contributed by atoms with Gasteiger partial charge in [-0.1, -0.05) is 24.3 Å². The standard InChI is InChI=1S/C25H27N3O3.C4H8O/c1-4-31-24-8-6-5-7-22(24)18-9-10-23-20(15-18)16-19(25(29)30-3)12-14-28(23)17-21-11-13-26-27(21)2;1-2-4-5-3-1/h5-11,13,15-16H,4,12,14,17H2,1-3H3;1-4H2. The number of hydrogen-bond acceptors (Lipinski definition) is 6. The monoisotopic (exact) mass is 489 g/mol. The molecule has 7 nitrogen and oxygen atoms in total. The molecular weight excluding hydrogens is 454 g/mol. The molecule has 36 heavy (non-hydrogen) atoms. The Hall–Kier alpha value is -3.58. The van der Waals surface area contributed by atoms with Crippen LogP contribution in [0.15, 0.2) is 60.3 Å². The molecule has 0 amide bonds. The maximum Gasteiger partial charge on any atom is 0.333 e. The van der Waals surface area contributed by atoms with Crippen molar-refractivity contribution < 1.29 is 19.0 Å². The summed E-state index contributed by atoms with van der Waals surface area (Å²) in [6.07, 6.45) is 6.93. The molecular formula is C29H35N3O4. The summed E-state index contributed by atoms with van der Waals surface area (Å²) in [4.78, 5) is 14.6. The molecule has 1 aromatic heterocycles. The number of esters is 1. The average molecular weight is 490 g/mol. The Morgan fingerprint density at radius 3 is 2.58 bits per heavy atom. The third-order valence-corrected chi connectivity index (χ3v) is 6.40. The highest BCUT2D eigenvalue weighted by Gasteiger charge is 2.21. The van der Waals surface area contributed by atoms with Gasteiger partial charge in [-0.05, 0) is 67.7 Å². The van der Waals surface area contributed by atoms with Crippen LogP contribution in [0, 0.1) is 0 Å². The molecule has 0 spiro atoms. The van der Waals surface area contributed by atoms with Gasteiger partial charge in [-0.3, -0.25) is 4.68 Å².